The SMILES string of the molecule is CCCCCC(CC)C(P)(CC)CC.I. The molecule has 0 nitrogen and oxygen atoms in total. The Morgan fingerprint density at radius 1 is 1.00 bits per heavy atom. The van der Waals surface area contributed by atoms with E-state index in [0.29, 0.717) is 5.16 Å². The molecule has 0 rings (SSSR count). The first-order valence-electron chi connectivity index (χ1n) is 6.43. The Kier molecular flexibility index (Phi) is 12.7. The summed E-state index contributed by atoms with van der Waals surface area (Å²) in [6, 6.07) is 0. The Hall–Kier alpha value is 1.16. The maximum atomic E-state index is 3.14. The van der Waals surface area contributed by atoms with Crippen LogP contribution in [0.25, 0.3) is 0 Å². The molecule has 2 heteroatoms. The van der Waals surface area contributed by atoms with Gasteiger partial charge < -0.3 is 0 Å². The number of hydrogen-bond acceptors (Lipinski definition) is 0. The quantitative estimate of drug-likeness (QED) is 0.303. The van der Waals surface area contributed by atoms with Gasteiger partial charge in [0.1, 0.15) is 0 Å². The molecule has 0 saturated carbocycles. The molecule has 15 heavy (non-hydrogen) atoms. The van der Waals surface area contributed by atoms with Gasteiger partial charge in [0.15, 0.2) is 0 Å². The fourth-order valence-electron chi connectivity index (χ4n) is 2.37. The first-order chi connectivity index (χ1) is 6.64. The highest BCUT2D eigenvalue weighted by Gasteiger charge is 2.28. The Labute approximate surface area is 117 Å². The summed E-state index contributed by atoms with van der Waals surface area (Å²) < 4.78 is 0. The maximum Gasteiger partial charge on any atom is -0.0127 e. The summed E-state index contributed by atoms with van der Waals surface area (Å²) in [5.74, 6) is 0.911. The zero-order valence-electron chi connectivity index (χ0n) is 11.0. The molecule has 0 aromatic heterocycles. The molecule has 0 aromatic rings. The van der Waals surface area contributed by atoms with Gasteiger partial charge in [-0.25, -0.2) is 0 Å². The first-order valence-corrected chi connectivity index (χ1v) is 7.01. The van der Waals surface area contributed by atoms with E-state index < -0.39 is 0 Å². The minimum Gasteiger partial charge on any atom is -0.131 e. The topological polar surface area (TPSA) is 0 Å². The van der Waals surface area contributed by atoms with Gasteiger partial charge in [-0.05, 0) is 30.3 Å². The van der Waals surface area contributed by atoms with E-state index in [1.165, 1.54) is 44.9 Å². The predicted molar refractivity (Wildman–Crippen MR) is 86.4 cm³/mol. The lowest BCUT2D eigenvalue weighted by Gasteiger charge is -2.35. The van der Waals surface area contributed by atoms with Gasteiger partial charge in [-0.1, -0.05) is 53.4 Å². The Morgan fingerprint density at radius 2 is 1.53 bits per heavy atom. The van der Waals surface area contributed by atoms with Gasteiger partial charge in [0, 0.05) is 0 Å². The summed E-state index contributed by atoms with van der Waals surface area (Å²) in [6.45, 7) is 9.30. The lowest BCUT2D eigenvalue weighted by Crippen LogP contribution is -2.29. The molecule has 0 aliphatic carbocycles. The molecular formula is C13H30IP. The van der Waals surface area contributed by atoms with Crippen molar-refractivity contribution in [3.8, 4) is 0 Å². The van der Waals surface area contributed by atoms with Crippen LogP contribution in [-0.4, -0.2) is 5.16 Å². The Bertz CT molecular complexity index is 132. The zero-order chi connectivity index (χ0) is 11.0. The fourth-order valence-corrected chi connectivity index (χ4v) is 2.77. The summed E-state index contributed by atoms with van der Waals surface area (Å²) in [5.41, 5.74) is 0. The molecule has 0 amide bonds. The average Bonchev–Trinajstić information content (AvgIpc) is 2.23. The van der Waals surface area contributed by atoms with Crippen LogP contribution in [0.1, 0.15) is 72.6 Å². The molecule has 0 heterocycles. The van der Waals surface area contributed by atoms with Gasteiger partial charge in [-0.15, -0.1) is 33.2 Å². The van der Waals surface area contributed by atoms with E-state index in [1.54, 1.807) is 0 Å². The van der Waals surface area contributed by atoms with E-state index in [-0.39, 0.29) is 24.0 Å². The van der Waals surface area contributed by atoms with Crippen molar-refractivity contribution < 1.29 is 0 Å². The van der Waals surface area contributed by atoms with E-state index in [9.17, 15) is 0 Å². The molecule has 0 saturated heterocycles. The molecule has 0 spiro atoms. The highest BCUT2D eigenvalue weighted by Crippen LogP contribution is 2.39. The summed E-state index contributed by atoms with van der Waals surface area (Å²) in [4.78, 5) is 0. The summed E-state index contributed by atoms with van der Waals surface area (Å²) in [7, 11) is 3.14. The lowest BCUT2D eigenvalue weighted by atomic mass is 9.81. The number of halogens is 1. The van der Waals surface area contributed by atoms with Gasteiger partial charge in [-0.3, -0.25) is 0 Å². The second kappa shape index (κ2) is 10.3. The minimum atomic E-state index is 0. The fraction of sp³-hybridized carbons (Fsp3) is 1.00. The van der Waals surface area contributed by atoms with Gasteiger partial charge in [0.25, 0.3) is 0 Å². The van der Waals surface area contributed by atoms with Crippen LogP contribution >= 0.6 is 33.2 Å². The highest BCUT2D eigenvalue weighted by molar-refractivity contribution is 14.0. The molecule has 0 aromatic carbocycles. The summed E-state index contributed by atoms with van der Waals surface area (Å²) >= 11 is 0. The predicted octanol–water partition coefficient (Wildman–Crippen LogP) is 5.64. The van der Waals surface area contributed by atoms with E-state index in [2.05, 4.69) is 36.9 Å². The number of rotatable bonds is 8. The van der Waals surface area contributed by atoms with E-state index in [4.69, 9.17) is 0 Å². The number of unbranched alkanes of at least 4 members (excludes halogenated alkanes) is 2. The van der Waals surface area contributed by atoms with Crippen molar-refractivity contribution in [1.82, 2.24) is 0 Å². The molecule has 2 atom stereocenters. The van der Waals surface area contributed by atoms with Crippen molar-refractivity contribution in [3.63, 3.8) is 0 Å². The molecular weight excluding hydrogens is 314 g/mol. The van der Waals surface area contributed by atoms with Crippen LogP contribution in [0.5, 0.6) is 0 Å². The number of hydrogen-bond donors (Lipinski definition) is 0. The van der Waals surface area contributed by atoms with Gasteiger partial charge >= 0.3 is 0 Å². The van der Waals surface area contributed by atoms with Crippen LogP contribution in [0.2, 0.25) is 0 Å². The van der Waals surface area contributed by atoms with E-state index >= 15 is 0 Å². The standard InChI is InChI=1S/C13H29P.HI/c1-5-9-10-11-12(6-2)13(14,7-3)8-4;/h12H,5-11,14H2,1-4H3;1H. The van der Waals surface area contributed by atoms with Crippen molar-refractivity contribution in [3.05, 3.63) is 0 Å². The summed E-state index contributed by atoms with van der Waals surface area (Å²) in [5, 5.41) is 0.516. The molecule has 2 unspecified atom stereocenters. The van der Waals surface area contributed by atoms with Crippen molar-refractivity contribution in [2.75, 3.05) is 0 Å². The molecule has 0 radical (unpaired) electrons. The molecule has 0 aliphatic heterocycles. The van der Waals surface area contributed by atoms with Crippen molar-refractivity contribution in [2.45, 2.75) is 77.8 Å². The van der Waals surface area contributed by atoms with Crippen molar-refractivity contribution >= 4 is 33.2 Å². The highest BCUT2D eigenvalue weighted by atomic mass is 127. The summed E-state index contributed by atoms with van der Waals surface area (Å²) in [6.07, 6.45) is 9.55. The normalized spacial score (nSPS) is 13.4. The van der Waals surface area contributed by atoms with Crippen LogP contribution in [0, 0.1) is 5.92 Å². The minimum absolute atomic E-state index is 0. The van der Waals surface area contributed by atoms with Crippen molar-refractivity contribution in [2.24, 2.45) is 5.92 Å². The van der Waals surface area contributed by atoms with Crippen molar-refractivity contribution in [1.29, 1.82) is 0 Å². The van der Waals surface area contributed by atoms with E-state index in [0.717, 1.165) is 5.92 Å². The molecule has 0 bridgehead atoms. The molecule has 94 valence electrons. The van der Waals surface area contributed by atoms with Crippen LogP contribution in [0.3, 0.4) is 0 Å². The maximum absolute atomic E-state index is 3.14. The van der Waals surface area contributed by atoms with Gasteiger partial charge in [0.2, 0.25) is 0 Å². The Morgan fingerprint density at radius 3 is 1.87 bits per heavy atom. The third-order valence-electron chi connectivity index (χ3n) is 3.78. The lowest BCUT2D eigenvalue weighted by molar-refractivity contribution is 0.314. The van der Waals surface area contributed by atoms with Crippen LogP contribution in [0.4, 0.5) is 0 Å². The average molecular weight is 344 g/mol. The first kappa shape index (κ1) is 18.5. The van der Waals surface area contributed by atoms with Crippen LogP contribution in [-0.2, 0) is 0 Å². The second-order valence-corrected chi connectivity index (χ2v) is 5.69. The third-order valence-corrected chi connectivity index (χ3v) is 5.07. The van der Waals surface area contributed by atoms with Crippen LogP contribution in [0.15, 0.2) is 0 Å². The molecule has 0 N–H and O–H groups in total. The van der Waals surface area contributed by atoms with Gasteiger partial charge in [-0.2, -0.15) is 0 Å². The van der Waals surface area contributed by atoms with Crippen LogP contribution < -0.4 is 0 Å². The second-order valence-electron chi connectivity index (χ2n) is 4.54. The largest absolute Gasteiger partial charge is 0.131 e. The third kappa shape index (κ3) is 6.46. The smallest absolute Gasteiger partial charge is 0.0127 e. The van der Waals surface area contributed by atoms with Gasteiger partial charge in [0.05, 0.1) is 0 Å². The molecule has 0 aliphatic rings. The molecule has 0 fully saturated rings. The zero-order valence-corrected chi connectivity index (χ0v) is 14.5. The van der Waals surface area contributed by atoms with E-state index in [1.807, 2.05) is 0 Å². The Balaban J connectivity index is 0. The monoisotopic (exact) mass is 344 g/mol.